The van der Waals surface area contributed by atoms with Crippen molar-refractivity contribution in [2.75, 3.05) is 27.3 Å². The Morgan fingerprint density at radius 2 is 1.11 bits per heavy atom. The molecule has 312 valence electrons. The first-order valence-corrected chi connectivity index (χ1v) is 18.6. The van der Waals surface area contributed by atoms with E-state index in [0.717, 1.165) is 0 Å². The first kappa shape index (κ1) is 47.3. The highest BCUT2D eigenvalue weighted by Gasteiger charge is 2.53. The third-order valence-corrected chi connectivity index (χ3v) is 9.69. The smallest absolute Gasteiger partial charge is 0.457 e. The minimum Gasteiger partial charge on any atom is -0.467 e. The van der Waals surface area contributed by atoms with Gasteiger partial charge in [-0.05, 0) is 88.4 Å². The molecule has 3 aliphatic heterocycles. The molecule has 6 atom stereocenters. The van der Waals surface area contributed by atoms with Crippen molar-refractivity contribution in [1.29, 1.82) is 0 Å². The van der Waals surface area contributed by atoms with E-state index in [0.29, 0.717) is 25.6 Å². The Morgan fingerprint density at radius 3 is 1.45 bits per heavy atom. The lowest BCUT2D eigenvalue weighted by Gasteiger charge is -2.32. The number of hydrogen-bond donors (Lipinski definition) is 0. The lowest BCUT2D eigenvalue weighted by atomic mass is 9.79. The summed E-state index contributed by atoms with van der Waals surface area (Å²) in [6.07, 6.45) is 1.26. The molecule has 3 rings (SSSR count). The van der Waals surface area contributed by atoms with Crippen LogP contribution in [-0.2, 0) is 56.9 Å². The fourth-order valence-electron chi connectivity index (χ4n) is 6.71. The van der Waals surface area contributed by atoms with Crippen LogP contribution in [0.3, 0.4) is 0 Å². The summed E-state index contributed by atoms with van der Waals surface area (Å²) < 4.78 is 43.5. The molecule has 0 radical (unpaired) electrons. The predicted octanol–water partition coefficient (Wildman–Crippen LogP) is 5.10. The molecule has 0 spiro atoms. The van der Waals surface area contributed by atoms with Crippen molar-refractivity contribution in [1.82, 2.24) is 9.80 Å². The predicted molar refractivity (Wildman–Crippen MR) is 201 cm³/mol. The van der Waals surface area contributed by atoms with Crippen LogP contribution in [0, 0.1) is 11.8 Å². The van der Waals surface area contributed by atoms with Crippen molar-refractivity contribution in [3.63, 3.8) is 0 Å². The van der Waals surface area contributed by atoms with Crippen LogP contribution in [0.1, 0.15) is 102 Å². The molecule has 0 saturated carbocycles. The zero-order chi connectivity index (χ0) is 42.3. The summed E-state index contributed by atoms with van der Waals surface area (Å²) >= 11 is 0. The van der Waals surface area contributed by atoms with Crippen LogP contribution in [0.2, 0.25) is 6.32 Å². The summed E-state index contributed by atoms with van der Waals surface area (Å²) in [4.78, 5) is 75.6. The van der Waals surface area contributed by atoms with Gasteiger partial charge >= 0.3 is 43.2 Å². The van der Waals surface area contributed by atoms with Crippen LogP contribution in [0.15, 0.2) is 12.7 Å². The highest BCUT2D eigenvalue weighted by molar-refractivity contribution is 6.45. The SMILES string of the molecule is C=CC[C@@H]1[C@@H](OC(C)=O)CN(C(=O)OC(C)(C)C)[C@@H]1C(=O)OC.COC(=O)[C@@H]1[C@H](CCCB2OC(C)(C)C(C)(C)O2)[C@@H](OC(C)=O)CN1C(=O)OC(C)(C)C. The molecule has 3 aliphatic rings. The second kappa shape index (κ2) is 18.9. The normalized spacial score (nSPS) is 25.6. The fraction of sp³-hybridized carbons (Fsp3) is 0.789. The maximum absolute atomic E-state index is 12.8. The van der Waals surface area contributed by atoms with Crippen molar-refractivity contribution in [3.05, 3.63) is 12.7 Å². The fourth-order valence-corrected chi connectivity index (χ4v) is 6.71. The number of carbonyl (C=O) groups excluding carboxylic acids is 6. The summed E-state index contributed by atoms with van der Waals surface area (Å²) in [7, 11) is 2.16. The molecule has 0 aromatic rings. The van der Waals surface area contributed by atoms with Gasteiger partial charge in [0.2, 0.25) is 0 Å². The van der Waals surface area contributed by atoms with Gasteiger partial charge in [-0.15, -0.1) is 6.58 Å². The van der Waals surface area contributed by atoms with Gasteiger partial charge in [-0.2, -0.15) is 0 Å². The van der Waals surface area contributed by atoms with E-state index in [2.05, 4.69) is 6.58 Å². The van der Waals surface area contributed by atoms with E-state index >= 15 is 0 Å². The van der Waals surface area contributed by atoms with Gasteiger partial charge in [-0.1, -0.05) is 12.5 Å². The van der Waals surface area contributed by atoms with E-state index in [1.165, 1.54) is 37.9 Å². The van der Waals surface area contributed by atoms with Gasteiger partial charge < -0.3 is 37.7 Å². The van der Waals surface area contributed by atoms with Crippen LogP contribution in [0.4, 0.5) is 9.59 Å². The van der Waals surface area contributed by atoms with Crippen molar-refractivity contribution in [2.45, 2.75) is 155 Å². The highest BCUT2D eigenvalue weighted by Crippen LogP contribution is 2.39. The van der Waals surface area contributed by atoms with Crippen LogP contribution in [0.25, 0.3) is 0 Å². The third kappa shape index (κ3) is 13.1. The number of hydrogen-bond acceptors (Lipinski definition) is 14. The van der Waals surface area contributed by atoms with Gasteiger partial charge in [0, 0.05) is 25.7 Å². The van der Waals surface area contributed by atoms with E-state index in [9.17, 15) is 28.8 Å². The molecule has 0 unspecified atom stereocenters. The molecule has 0 aromatic carbocycles. The summed E-state index contributed by atoms with van der Waals surface area (Å²) in [6, 6.07) is -1.78. The minimum absolute atomic E-state index is 0.0649. The van der Waals surface area contributed by atoms with E-state index in [4.69, 9.17) is 37.7 Å². The molecule has 0 N–H and O–H groups in total. The van der Waals surface area contributed by atoms with Crippen LogP contribution >= 0.6 is 0 Å². The van der Waals surface area contributed by atoms with Crippen molar-refractivity contribution >= 4 is 43.2 Å². The van der Waals surface area contributed by atoms with Gasteiger partial charge in [-0.3, -0.25) is 19.4 Å². The average molecular weight is 783 g/mol. The van der Waals surface area contributed by atoms with Gasteiger partial charge in [0.15, 0.2) is 0 Å². The Kier molecular flexibility index (Phi) is 16.2. The number of ether oxygens (including phenoxy) is 6. The lowest BCUT2D eigenvalue weighted by molar-refractivity contribution is -0.151. The van der Waals surface area contributed by atoms with Crippen molar-refractivity contribution in [3.8, 4) is 0 Å². The van der Waals surface area contributed by atoms with Gasteiger partial charge in [0.05, 0.1) is 38.5 Å². The van der Waals surface area contributed by atoms with Crippen molar-refractivity contribution < 1.29 is 66.5 Å². The largest absolute Gasteiger partial charge is 0.467 e. The Labute approximate surface area is 326 Å². The molecule has 55 heavy (non-hydrogen) atoms. The number of esters is 4. The molecular formula is C38H63BN2O14. The number of amides is 2. The number of rotatable bonds is 10. The summed E-state index contributed by atoms with van der Waals surface area (Å²) in [5, 5.41) is 0. The van der Waals surface area contributed by atoms with Crippen LogP contribution in [0.5, 0.6) is 0 Å². The van der Waals surface area contributed by atoms with Crippen LogP contribution < -0.4 is 0 Å². The Morgan fingerprint density at radius 1 is 0.727 bits per heavy atom. The zero-order valence-corrected chi connectivity index (χ0v) is 35.2. The van der Waals surface area contributed by atoms with Gasteiger partial charge in [-0.25, -0.2) is 19.2 Å². The average Bonchev–Trinajstić information content (AvgIpc) is 3.62. The summed E-state index contributed by atoms with van der Waals surface area (Å²) in [5.41, 5.74) is -2.28. The maximum Gasteiger partial charge on any atom is 0.457 e. The molecule has 2 amide bonds. The number of carbonyl (C=O) groups is 6. The minimum atomic E-state index is -0.905. The zero-order valence-electron chi connectivity index (χ0n) is 35.2. The second-order valence-electron chi connectivity index (χ2n) is 17.0. The molecular weight excluding hydrogens is 719 g/mol. The molecule has 3 heterocycles. The van der Waals surface area contributed by atoms with E-state index in [-0.39, 0.29) is 20.2 Å². The van der Waals surface area contributed by atoms with E-state index in [1.54, 1.807) is 47.6 Å². The summed E-state index contributed by atoms with van der Waals surface area (Å²) in [5.74, 6) is -2.93. The maximum atomic E-state index is 12.8. The Hall–Kier alpha value is -3.86. The number of methoxy groups -OCH3 is 2. The topological polar surface area (TPSA) is 183 Å². The lowest BCUT2D eigenvalue weighted by Crippen LogP contribution is -2.46. The monoisotopic (exact) mass is 782 g/mol. The van der Waals surface area contributed by atoms with Gasteiger partial charge in [0.25, 0.3) is 0 Å². The Bertz CT molecular complexity index is 1390. The first-order chi connectivity index (χ1) is 25.2. The van der Waals surface area contributed by atoms with Gasteiger partial charge in [0.1, 0.15) is 35.5 Å². The van der Waals surface area contributed by atoms with Crippen molar-refractivity contribution in [2.24, 2.45) is 11.8 Å². The summed E-state index contributed by atoms with van der Waals surface area (Å²) in [6.45, 7) is 24.8. The van der Waals surface area contributed by atoms with E-state index < -0.39 is 94.6 Å². The van der Waals surface area contributed by atoms with Crippen LogP contribution in [-0.4, -0.2) is 127 Å². The first-order valence-electron chi connectivity index (χ1n) is 18.6. The molecule has 17 heteroatoms. The number of nitrogens with zero attached hydrogens (tertiary/aromatic N) is 2. The quantitative estimate of drug-likeness (QED) is 0.123. The highest BCUT2D eigenvalue weighted by atomic mass is 16.7. The van der Waals surface area contributed by atoms with E-state index in [1.807, 2.05) is 27.7 Å². The molecule has 3 saturated heterocycles. The standard InChI is InChI=1S/C22H38BNO8.C16H25NO6/c1-14(25)29-16-13-24(19(27)30-20(2,3)4)17(18(26)28-9)15(16)11-10-12-23-31-21(5,6)22(7,8)32-23;1-7-8-11-12(22-10(2)18)9-17(13(11)14(19)21-6)15(20)23-16(3,4)5/h15-17H,10-13H2,1-9H3;7,11-13H,1,8-9H2,2-6H3/t15-,16+,17+;11-,12+,13+/m11/s1. The number of allylic oxidation sites excluding steroid dienone is 1. The molecule has 0 aliphatic carbocycles. The third-order valence-electron chi connectivity index (χ3n) is 9.69. The number of likely N-dealkylation sites (tertiary alicyclic amines) is 2. The second-order valence-corrected chi connectivity index (χ2v) is 17.0. The Balaban J connectivity index is 0.000000402. The molecule has 3 fully saturated rings. The molecule has 16 nitrogen and oxygen atoms in total. The molecule has 0 aromatic heterocycles. The molecule has 0 bridgehead atoms.